The molecule has 0 aliphatic rings. The third kappa shape index (κ3) is 5.79. The normalized spacial score (nSPS) is 11.8. The summed E-state index contributed by atoms with van der Waals surface area (Å²) in [5.74, 6) is -0.884. The van der Waals surface area contributed by atoms with Crippen molar-refractivity contribution >= 4 is 50.5 Å². The van der Waals surface area contributed by atoms with Crippen molar-refractivity contribution in [3.63, 3.8) is 0 Å². The number of benzene rings is 3. The number of carbonyl (C=O) groups excluding carboxylic acids is 1. The Labute approximate surface area is 198 Å². The van der Waals surface area contributed by atoms with Crippen LogP contribution in [0.5, 0.6) is 0 Å². The molecule has 0 fully saturated rings. The maximum Gasteiger partial charge on any atom is 0.416 e. The second-order valence-corrected chi connectivity index (χ2v) is 9.70. The molecular weight excluding hydrogens is 500 g/mol. The molecule has 3 aromatic carbocycles. The number of amides is 1. The summed E-state index contributed by atoms with van der Waals surface area (Å²) in [4.78, 5) is 12.7. The number of carbonyl (C=O) groups is 1. The number of sulfonamides is 1. The zero-order chi connectivity index (χ0) is 24.4. The second kappa shape index (κ2) is 9.62. The summed E-state index contributed by atoms with van der Waals surface area (Å²) in [7, 11) is -4.20. The van der Waals surface area contributed by atoms with Gasteiger partial charge in [0.25, 0.3) is 10.0 Å². The number of halogens is 5. The van der Waals surface area contributed by atoms with E-state index >= 15 is 0 Å². The zero-order valence-electron chi connectivity index (χ0n) is 17.0. The Morgan fingerprint density at radius 3 is 2.27 bits per heavy atom. The van der Waals surface area contributed by atoms with E-state index in [2.05, 4.69) is 5.32 Å². The van der Waals surface area contributed by atoms with E-state index in [1.807, 2.05) is 0 Å². The summed E-state index contributed by atoms with van der Waals surface area (Å²) in [6.07, 6.45) is -4.65. The molecule has 3 rings (SSSR count). The van der Waals surface area contributed by atoms with Gasteiger partial charge in [0.05, 0.1) is 26.9 Å². The van der Waals surface area contributed by atoms with Gasteiger partial charge in [-0.05, 0) is 61.0 Å². The molecule has 174 valence electrons. The van der Waals surface area contributed by atoms with Gasteiger partial charge >= 0.3 is 6.18 Å². The molecule has 0 saturated heterocycles. The van der Waals surface area contributed by atoms with Crippen LogP contribution in [-0.4, -0.2) is 20.9 Å². The van der Waals surface area contributed by atoms with Gasteiger partial charge in [0.15, 0.2) is 0 Å². The van der Waals surface area contributed by atoms with Crippen LogP contribution in [0.25, 0.3) is 0 Å². The number of aryl methyl sites for hydroxylation is 1. The minimum absolute atomic E-state index is 0.0655. The van der Waals surface area contributed by atoms with Crippen LogP contribution in [0.15, 0.2) is 71.6 Å². The summed E-state index contributed by atoms with van der Waals surface area (Å²) in [5.41, 5.74) is -0.633. The zero-order valence-corrected chi connectivity index (χ0v) is 19.4. The van der Waals surface area contributed by atoms with Crippen molar-refractivity contribution in [2.75, 3.05) is 16.2 Å². The lowest BCUT2D eigenvalue weighted by Gasteiger charge is -2.26. The van der Waals surface area contributed by atoms with E-state index in [9.17, 15) is 26.4 Å². The maximum absolute atomic E-state index is 13.3. The van der Waals surface area contributed by atoms with Crippen molar-refractivity contribution in [3.05, 3.63) is 87.9 Å². The summed E-state index contributed by atoms with van der Waals surface area (Å²) in [5, 5.41) is 2.52. The molecule has 0 spiro atoms. The van der Waals surface area contributed by atoms with Crippen LogP contribution >= 0.6 is 23.2 Å². The number of alkyl halides is 3. The summed E-state index contributed by atoms with van der Waals surface area (Å²) in [6, 6.07) is 14.4. The lowest BCUT2D eigenvalue weighted by molar-refractivity contribution is -0.137. The minimum Gasteiger partial charge on any atom is -0.323 e. The number of nitrogens with one attached hydrogen (secondary N) is 1. The number of hydrogen-bond acceptors (Lipinski definition) is 3. The highest BCUT2D eigenvalue weighted by Gasteiger charge is 2.32. The van der Waals surface area contributed by atoms with Gasteiger partial charge in [0, 0.05) is 5.02 Å². The first-order valence-electron chi connectivity index (χ1n) is 9.40. The van der Waals surface area contributed by atoms with Crippen LogP contribution in [-0.2, 0) is 21.0 Å². The van der Waals surface area contributed by atoms with Gasteiger partial charge in [-0.15, -0.1) is 0 Å². The summed E-state index contributed by atoms with van der Waals surface area (Å²) in [6.45, 7) is 0.905. The SMILES string of the molecule is Cc1cc(Cl)ccc1N(CC(=O)Nc1cc(C(F)(F)F)ccc1Cl)S(=O)(=O)c1ccccc1. The molecule has 33 heavy (non-hydrogen) atoms. The smallest absolute Gasteiger partial charge is 0.323 e. The number of rotatable bonds is 6. The summed E-state index contributed by atoms with van der Waals surface area (Å²) < 4.78 is 66.7. The van der Waals surface area contributed by atoms with E-state index in [1.54, 1.807) is 13.0 Å². The Kier molecular flexibility index (Phi) is 7.26. The van der Waals surface area contributed by atoms with Crippen molar-refractivity contribution in [2.45, 2.75) is 18.0 Å². The molecule has 0 unspecified atom stereocenters. The van der Waals surface area contributed by atoms with E-state index in [1.165, 1.54) is 42.5 Å². The lowest BCUT2D eigenvalue weighted by atomic mass is 10.2. The largest absolute Gasteiger partial charge is 0.416 e. The fourth-order valence-corrected chi connectivity index (χ4v) is 4.93. The Bertz CT molecular complexity index is 1280. The molecule has 0 radical (unpaired) electrons. The number of hydrogen-bond donors (Lipinski definition) is 1. The third-order valence-corrected chi connectivity index (χ3v) is 6.95. The standard InChI is InChI=1S/C22H17Cl2F3N2O3S/c1-14-11-16(23)8-10-20(14)29(33(31,32)17-5-3-2-4-6-17)13-21(30)28-19-12-15(22(25,26)27)7-9-18(19)24/h2-12H,13H2,1H3,(H,28,30). The summed E-state index contributed by atoms with van der Waals surface area (Å²) >= 11 is 11.9. The molecule has 0 bridgehead atoms. The molecule has 11 heteroatoms. The molecule has 0 aliphatic carbocycles. The molecule has 1 amide bonds. The fraction of sp³-hybridized carbons (Fsp3) is 0.136. The van der Waals surface area contributed by atoms with Crippen molar-refractivity contribution in [3.8, 4) is 0 Å². The van der Waals surface area contributed by atoms with Crippen molar-refractivity contribution in [2.24, 2.45) is 0 Å². The highest BCUT2D eigenvalue weighted by Crippen LogP contribution is 2.34. The van der Waals surface area contributed by atoms with Crippen LogP contribution in [0.1, 0.15) is 11.1 Å². The average molecular weight is 517 g/mol. The minimum atomic E-state index is -4.65. The third-order valence-electron chi connectivity index (χ3n) is 4.61. The van der Waals surface area contributed by atoms with E-state index in [4.69, 9.17) is 23.2 Å². The van der Waals surface area contributed by atoms with Gasteiger partial charge in [0.1, 0.15) is 6.54 Å². The highest BCUT2D eigenvalue weighted by atomic mass is 35.5. The van der Waals surface area contributed by atoms with Gasteiger partial charge < -0.3 is 5.32 Å². The van der Waals surface area contributed by atoms with Gasteiger partial charge in [-0.1, -0.05) is 41.4 Å². The molecule has 5 nitrogen and oxygen atoms in total. The average Bonchev–Trinajstić information content (AvgIpc) is 2.74. The van der Waals surface area contributed by atoms with Gasteiger partial charge in [-0.25, -0.2) is 8.42 Å². The van der Waals surface area contributed by atoms with Crippen molar-refractivity contribution in [1.82, 2.24) is 0 Å². The molecule has 0 aliphatic heterocycles. The van der Waals surface area contributed by atoms with Gasteiger partial charge in [-0.3, -0.25) is 9.10 Å². The van der Waals surface area contributed by atoms with Crippen LogP contribution in [0.4, 0.5) is 24.5 Å². The molecule has 0 heterocycles. The first kappa shape index (κ1) is 24.9. The molecule has 1 N–H and O–H groups in total. The second-order valence-electron chi connectivity index (χ2n) is 7.00. The molecule has 0 saturated carbocycles. The van der Waals surface area contributed by atoms with Crippen molar-refractivity contribution in [1.29, 1.82) is 0 Å². The van der Waals surface area contributed by atoms with Crippen molar-refractivity contribution < 1.29 is 26.4 Å². The van der Waals surface area contributed by atoms with Gasteiger partial charge in [-0.2, -0.15) is 13.2 Å². The Morgan fingerprint density at radius 2 is 1.67 bits per heavy atom. The predicted molar refractivity (Wildman–Crippen MR) is 122 cm³/mol. The van der Waals surface area contributed by atoms with E-state index < -0.39 is 34.2 Å². The van der Waals surface area contributed by atoms with Crippen LogP contribution in [0.2, 0.25) is 10.0 Å². The Hall–Kier alpha value is -2.75. The Balaban J connectivity index is 1.98. The van der Waals surface area contributed by atoms with Crippen LogP contribution in [0, 0.1) is 6.92 Å². The Morgan fingerprint density at radius 1 is 1.00 bits per heavy atom. The first-order valence-corrected chi connectivity index (χ1v) is 11.6. The van der Waals surface area contributed by atoms with Gasteiger partial charge in [0.2, 0.25) is 5.91 Å². The number of nitrogens with zero attached hydrogens (tertiary/aromatic N) is 1. The molecule has 3 aromatic rings. The number of anilines is 2. The molecular formula is C22H17Cl2F3N2O3S. The first-order chi connectivity index (χ1) is 15.4. The van der Waals surface area contributed by atoms with E-state index in [0.29, 0.717) is 16.7 Å². The van der Waals surface area contributed by atoms with Crippen LogP contribution in [0.3, 0.4) is 0 Å². The fourth-order valence-electron chi connectivity index (χ4n) is 3.04. The van der Waals surface area contributed by atoms with E-state index in [-0.39, 0.29) is 21.3 Å². The molecule has 0 aromatic heterocycles. The maximum atomic E-state index is 13.3. The quantitative estimate of drug-likeness (QED) is 0.426. The topological polar surface area (TPSA) is 66.5 Å². The van der Waals surface area contributed by atoms with E-state index in [0.717, 1.165) is 16.4 Å². The predicted octanol–water partition coefficient (Wildman–Crippen LogP) is 6.15. The van der Waals surface area contributed by atoms with Crippen LogP contribution < -0.4 is 9.62 Å². The highest BCUT2D eigenvalue weighted by molar-refractivity contribution is 7.92. The lowest BCUT2D eigenvalue weighted by Crippen LogP contribution is -2.38. The monoisotopic (exact) mass is 516 g/mol. The molecule has 0 atom stereocenters.